The predicted molar refractivity (Wildman–Crippen MR) is 115 cm³/mol. The van der Waals surface area contributed by atoms with Crippen molar-refractivity contribution in [3.05, 3.63) is 59.7 Å². The Morgan fingerprint density at radius 1 is 1.14 bits per heavy atom. The van der Waals surface area contributed by atoms with Gasteiger partial charge in [-0.1, -0.05) is 54.1 Å². The van der Waals surface area contributed by atoms with Crippen molar-refractivity contribution in [3.63, 3.8) is 0 Å². The molecule has 154 valence electrons. The van der Waals surface area contributed by atoms with Crippen molar-refractivity contribution in [2.75, 3.05) is 33.9 Å². The van der Waals surface area contributed by atoms with Crippen LogP contribution in [0, 0.1) is 12.3 Å². The van der Waals surface area contributed by atoms with Crippen molar-refractivity contribution in [2.45, 2.75) is 26.2 Å². The molecule has 1 heterocycles. The lowest BCUT2D eigenvalue weighted by molar-refractivity contribution is -0.143. The summed E-state index contributed by atoms with van der Waals surface area (Å²) in [4.78, 5) is 27.1. The van der Waals surface area contributed by atoms with E-state index in [1.807, 2.05) is 6.07 Å². The van der Waals surface area contributed by atoms with Gasteiger partial charge in [0.15, 0.2) is 0 Å². The highest BCUT2D eigenvalue weighted by Crippen LogP contribution is 2.35. The SMILES string of the molecule is CNC(=O)[C@@]1(Cc2cccc(-c3cccc(C)c3)c2)CCCN(C(=O)COC)C1. The van der Waals surface area contributed by atoms with E-state index in [1.165, 1.54) is 18.2 Å². The van der Waals surface area contributed by atoms with Crippen molar-refractivity contribution in [2.24, 2.45) is 5.41 Å². The Balaban J connectivity index is 1.88. The second kappa shape index (κ2) is 9.23. The summed E-state index contributed by atoms with van der Waals surface area (Å²) in [5, 5.41) is 2.83. The molecule has 1 atom stereocenters. The van der Waals surface area contributed by atoms with E-state index in [4.69, 9.17) is 4.74 Å². The number of carbonyl (C=O) groups is 2. The first-order chi connectivity index (χ1) is 14.0. The van der Waals surface area contributed by atoms with Gasteiger partial charge in [-0.25, -0.2) is 0 Å². The first-order valence-corrected chi connectivity index (χ1v) is 10.1. The first-order valence-electron chi connectivity index (χ1n) is 10.1. The monoisotopic (exact) mass is 394 g/mol. The zero-order valence-corrected chi connectivity index (χ0v) is 17.5. The number of nitrogens with zero attached hydrogens (tertiary/aromatic N) is 1. The Morgan fingerprint density at radius 2 is 1.86 bits per heavy atom. The molecule has 0 aliphatic carbocycles. The maximum atomic E-state index is 12.9. The number of piperidine rings is 1. The molecule has 0 spiro atoms. The Bertz CT molecular complexity index is 880. The molecule has 5 heteroatoms. The molecule has 0 unspecified atom stereocenters. The molecule has 1 aliphatic heterocycles. The summed E-state index contributed by atoms with van der Waals surface area (Å²) < 4.78 is 5.01. The van der Waals surface area contributed by atoms with E-state index in [-0.39, 0.29) is 18.4 Å². The summed E-state index contributed by atoms with van der Waals surface area (Å²) in [6.07, 6.45) is 2.17. The highest BCUT2D eigenvalue weighted by molar-refractivity contribution is 5.85. The zero-order chi connectivity index (χ0) is 20.9. The number of benzene rings is 2. The number of aryl methyl sites for hydroxylation is 1. The lowest BCUT2D eigenvalue weighted by Crippen LogP contribution is -2.54. The van der Waals surface area contributed by atoms with Crippen LogP contribution in [-0.4, -0.2) is 50.6 Å². The van der Waals surface area contributed by atoms with Crippen LogP contribution >= 0.6 is 0 Å². The number of ether oxygens (including phenoxy) is 1. The molecule has 2 aromatic rings. The Labute approximate surface area is 173 Å². The van der Waals surface area contributed by atoms with E-state index in [1.54, 1.807) is 11.9 Å². The largest absolute Gasteiger partial charge is 0.375 e. The van der Waals surface area contributed by atoms with Gasteiger partial charge in [-0.2, -0.15) is 0 Å². The number of hydrogen-bond acceptors (Lipinski definition) is 3. The molecule has 2 amide bonds. The fourth-order valence-corrected chi connectivity index (χ4v) is 4.31. The third-order valence-corrected chi connectivity index (χ3v) is 5.73. The van der Waals surface area contributed by atoms with Gasteiger partial charge < -0.3 is 15.0 Å². The van der Waals surface area contributed by atoms with Crippen LogP contribution in [0.3, 0.4) is 0 Å². The minimum absolute atomic E-state index is 0.00613. The fraction of sp³-hybridized carbons (Fsp3) is 0.417. The smallest absolute Gasteiger partial charge is 0.248 e. The maximum Gasteiger partial charge on any atom is 0.248 e. The maximum absolute atomic E-state index is 12.9. The van der Waals surface area contributed by atoms with Crippen molar-refractivity contribution in [1.82, 2.24) is 10.2 Å². The molecule has 0 aromatic heterocycles. The van der Waals surface area contributed by atoms with Crippen LogP contribution in [-0.2, 0) is 20.7 Å². The number of hydrogen-bond donors (Lipinski definition) is 1. The zero-order valence-electron chi connectivity index (χ0n) is 17.5. The molecule has 29 heavy (non-hydrogen) atoms. The number of rotatable bonds is 6. The van der Waals surface area contributed by atoms with Crippen LogP contribution in [0.1, 0.15) is 24.0 Å². The van der Waals surface area contributed by atoms with Crippen molar-refractivity contribution in [1.29, 1.82) is 0 Å². The van der Waals surface area contributed by atoms with Crippen LogP contribution in [0.5, 0.6) is 0 Å². The summed E-state index contributed by atoms with van der Waals surface area (Å²) in [7, 11) is 3.19. The van der Waals surface area contributed by atoms with Crippen molar-refractivity contribution in [3.8, 4) is 11.1 Å². The minimum Gasteiger partial charge on any atom is -0.375 e. The Hall–Kier alpha value is -2.66. The average Bonchev–Trinajstić information content (AvgIpc) is 2.73. The first kappa shape index (κ1) is 21.1. The lowest BCUT2D eigenvalue weighted by atomic mass is 9.74. The molecule has 3 rings (SSSR count). The van der Waals surface area contributed by atoms with Gasteiger partial charge in [0, 0.05) is 27.2 Å². The molecular formula is C24H30N2O3. The third kappa shape index (κ3) is 4.85. The van der Waals surface area contributed by atoms with E-state index in [2.05, 4.69) is 54.7 Å². The van der Waals surface area contributed by atoms with Gasteiger partial charge in [-0.15, -0.1) is 0 Å². The molecule has 5 nitrogen and oxygen atoms in total. The fourth-order valence-electron chi connectivity index (χ4n) is 4.31. The number of likely N-dealkylation sites (tertiary alicyclic amines) is 1. The molecule has 2 aromatic carbocycles. The van der Waals surface area contributed by atoms with Gasteiger partial charge in [0.05, 0.1) is 5.41 Å². The minimum atomic E-state index is -0.623. The van der Waals surface area contributed by atoms with Gasteiger partial charge in [0.2, 0.25) is 11.8 Å². The molecule has 1 aliphatic rings. The summed E-state index contributed by atoms with van der Waals surface area (Å²) in [5.74, 6) is -0.0673. The number of amides is 2. The summed E-state index contributed by atoms with van der Waals surface area (Å²) in [6, 6.07) is 16.8. The van der Waals surface area contributed by atoms with E-state index in [0.717, 1.165) is 24.0 Å². The van der Waals surface area contributed by atoms with Crippen LogP contribution in [0.2, 0.25) is 0 Å². The van der Waals surface area contributed by atoms with Gasteiger partial charge in [-0.3, -0.25) is 9.59 Å². The van der Waals surface area contributed by atoms with Gasteiger partial charge in [-0.05, 0) is 42.9 Å². The van der Waals surface area contributed by atoms with Crippen LogP contribution in [0.4, 0.5) is 0 Å². The van der Waals surface area contributed by atoms with E-state index in [9.17, 15) is 9.59 Å². The van der Waals surface area contributed by atoms with Gasteiger partial charge in [0.1, 0.15) is 6.61 Å². The van der Waals surface area contributed by atoms with E-state index >= 15 is 0 Å². The molecule has 0 radical (unpaired) electrons. The standard InChI is InChI=1S/C24H30N2O3/c1-18-7-4-9-20(13-18)21-10-5-8-19(14-21)15-24(23(28)25-2)11-6-12-26(17-24)22(27)16-29-3/h4-5,7-10,13-14H,6,11-12,15-17H2,1-3H3,(H,25,28)/t24-/m1/s1. The Kier molecular flexibility index (Phi) is 6.70. The van der Waals surface area contributed by atoms with Crippen LogP contribution in [0.15, 0.2) is 48.5 Å². The highest BCUT2D eigenvalue weighted by atomic mass is 16.5. The molecule has 1 fully saturated rings. The molecule has 0 saturated carbocycles. The molecular weight excluding hydrogens is 364 g/mol. The predicted octanol–water partition coefficient (Wildman–Crippen LogP) is 3.21. The normalized spacial score (nSPS) is 19.1. The van der Waals surface area contributed by atoms with Crippen LogP contribution in [0.25, 0.3) is 11.1 Å². The quantitative estimate of drug-likeness (QED) is 0.819. The number of methoxy groups -OCH3 is 1. The van der Waals surface area contributed by atoms with E-state index in [0.29, 0.717) is 19.5 Å². The number of carbonyl (C=O) groups excluding carboxylic acids is 2. The van der Waals surface area contributed by atoms with Crippen LogP contribution < -0.4 is 5.32 Å². The average molecular weight is 395 g/mol. The third-order valence-electron chi connectivity index (χ3n) is 5.73. The summed E-state index contributed by atoms with van der Waals surface area (Å²) in [5.41, 5.74) is 4.01. The highest BCUT2D eigenvalue weighted by Gasteiger charge is 2.43. The summed E-state index contributed by atoms with van der Waals surface area (Å²) >= 11 is 0. The van der Waals surface area contributed by atoms with Crippen molar-refractivity contribution < 1.29 is 14.3 Å². The van der Waals surface area contributed by atoms with Crippen molar-refractivity contribution >= 4 is 11.8 Å². The topological polar surface area (TPSA) is 58.6 Å². The number of nitrogens with one attached hydrogen (secondary N) is 1. The van der Waals surface area contributed by atoms with Gasteiger partial charge in [0.25, 0.3) is 0 Å². The van der Waals surface area contributed by atoms with E-state index < -0.39 is 5.41 Å². The van der Waals surface area contributed by atoms with Gasteiger partial charge >= 0.3 is 0 Å². The lowest BCUT2D eigenvalue weighted by Gasteiger charge is -2.41. The molecule has 1 saturated heterocycles. The summed E-state index contributed by atoms with van der Waals surface area (Å²) in [6.45, 7) is 3.22. The molecule has 0 bridgehead atoms. The molecule has 1 N–H and O–H groups in total. The second-order valence-corrected chi connectivity index (χ2v) is 7.96. The Morgan fingerprint density at radius 3 is 2.55 bits per heavy atom. The second-order valence-electron chi connectivity index (χ2n) is 7.96.